The molecule has 0 saturated heterocycles. The van der Waals surface area contributed by atoms with E-state index in [0.29, 0.717) is 25.3 Å². The van der Waals surface area contributed by atoms with Gasteiger partial charge in [0.2, 0.25) is 5.91 Å². The van der Waals surface area contributed by atoms with Crippen molar-refractivity contribution in [1.82, 2.24) is 10.6 Å². The first-order valence-electron chi connectivity index (χ1n) is 5.93. The number of nitrogens with one attached hydrogen (secondary N) is 2. The summed E-state index contributed by atoms with van der Waals surface area (Å²) in [5.74, 6) is -0.421. The SMILES string of the molecule is COCCNCCNC(=O)Cc1cccc(F)c1. The molecule has 100 valence electrons. The maximum absolute atomic E-state index is 12.9. The van der Waals surface area contributed by atoms with Crippen molar-refractivity contribution >= 4 is 5.91 Å². The molecule has 0 aliphatic carbocycles. The lowest BCUT2D eigenvalue weighted by Gasteiger charge is -2.06. The molecule has 0 radical (unpaired) electrons. The highest BCUT2D eigenvalue weighted by molar-refractivity contribution is 5.78. The minimum absolute atomic E-state index is 0.103. The summed E-state index contributed by atoms with van der Waals surface area (Å²) in [5, 5.41) is 5.88. The molecule has 1 rings (SSSR count). The van der Waals surface area contributed by atoms with Gasteiger partial charge in [0, 0.05) is 26.7 Å². The number of hydrogen-bond acceptors (Lipinski definition) is 3. The van der Waals surface area contributed by atoms with Gasteiger partial charge in [-0.2, -0.15) is 0 Å². The predicted octanol–water partition coefficient (Wildman–Crippen LogP) is 0.720. The number of hydrogen-bond donors (Lipinski definition) is 2. The van der Waals surface area contributed by atoms with E-state index in [1.165, 1.54) is 12.1 Å². The molecule has 1 aromatic carbocycles. The van der Waals surface area contributed by atoms with E-state index in [4.69, 9.17) is 4.74 Å². The number of halogens is 1. The maximum Gasteiger partial charge on any atom is 0.224 e. The molecule has 18 heavy (non-hydrogen) atoms. The minimum atomic E-state index is -0.318. The molecular formula is C13H19FN2O2. The van der Waals surface area contributed by atoms with Crippen molar-refractivity contribution in [3.63, 3.8) is 0 Å². The van der Waals surface area contributed by atoms with Gasteiger partial charge in [-0.3, -0.25) is 4.79 Å². The zero-order chi connectivity index (χ0) is 13.2. The molecule has 0 unspecified atom stereocenters. The van der Waals surface area contributed by atoms with Gasteiger partial charge in [0.25, 0.3) is 0 Å². The number of ether oxygens (including phenoxy) is 1. The molecular weight excluding hydrogens is 235 g/mol. The lowest BCUT2D eigenvalue weighted by Crippen LogP contribution is -2.33. The zero-order valence-corrected chi connectivity index (χ0v) is 10.5. The van der Waals surface area contributed by atoms with E-state index in [9.17, 15) is 9.18 Å². The van der Waals surface area contributed by atoms with Gasteiger partial charge in [0.05, 0.1) is 13.0 Å². The van der Waals surface area contributed by atoms with Crippen LogP contribution in [-0.2, 0) is 16.0 Å². The third-order valence-electron chi connectivity index (χ3n) is 2.36. The van der Waals surface area contributed by atoms with Crippen molar-refractivity contribution in [2.75, 3.05) is 33.4 Å². The van der Waals surface area contributed by atoms with Crippen molar-refractivity contribution in [2.45, 2.75) is 6.42 Å². The summed E-state index contributed by atoms with van der Waals surface area (Å²) in [6.07, 6.45) is 0.204. The van der Waals surface area contributed by atoms with Gasteiger partial charge in [-0.15, -0.1) is 0 Å². The molecule has 4 nitrogen and oxygen atoms in total. The molecule has 2 N–H and O–H groups in total. The van der Waals surface area contributed by atoms with E-state index in [1.54, 1.807) is 19.2 Å². The Morgan fingerprint density at radius 3 is 2.89 bits per heavy atom. The number of methoxy groups -OCH3 is 1. The summed E-state index contributed by atoms with van der Waals surface area (Å²) < 4.78 is 17.8. The van der Waals surface area contributed by atoms with Crippen LogP contribution in [0.5, 0.6) is 0 Å². The normalized spacial score (nSPS) is 10.3. The standard InChI is InChI=1S/C13H19FN2O2/c1-18-8-7-15-5-6-16-13(17)10-11-3-2-4-12(14)9-11/h2-4,9,15H,5-8,10H2,1H3,(H,16,17). The van der Waals surface area contributed by atoms with Crippen LogP contribution >= 0.6 is 0 Å². The average Bonchev–Trinajstić information content (AvgIpc) is 2.33. The Morgan fingerprint density at radius 1 is 1.33 bits per heavy atom. The second-order valence-corrected chi connectivity index (χ2v) is 3.90. The smallest absolute Gasteiger partial charge is 0.224 e. The third kappa shape index (κ3) is 6.32. The van der Waals surface area contributed by atoms with Gasteiger partial charge in [-0.05, 0) is 17.7 Å². The molecule has 5 heteroatoms. The van der Waals surface area contributed by atoms with Crippen LogP contribution < -0.4 is 10.6 Å². The van der Waals surface area contributed by atoms with E-state index in [-0.39, 0.29) is 18.1 Å². The zero-order valence-electron chi connectivity index (χ0n) is 10.5. The summed E-state index contributed by atoms with van der Waals surface area (Å²) in [6.45, 7) is 2.66. The van der Waals surface area contributed by atoms with E-state index in [2.05, 4.69) is 10.6 Å². The molecule has 0 spiro atoms. The highest BCUT2D eigenvalue weighted by Gasteiger charge is 2.03. The van der Waals surface area contributed by atoms with Gasteiger partial charge in [0.1, 0.15) is 5.82 Å². The molecule has 0 aromatic heterocycles. The van der Waals surface area contributed by atoms with Crippen LogP contribution in [0.25, 0.3) is 0 Å². The molecule has 0 saturated carbocycles. The van der Waals surface area contributed by atoms with E-state index < -0.39 is 0 Å². The largest absolute Gasteiger partial charge is 0.383 e. The number of carbonyl (C=O) groups excluding carboxylic acids is 1. The summed E-state index contributed by atoms with van der Waals surface area (Å²) in [6, 6.07) is 6.07. The first kappa shape index (κ1) is 14.6. The molecule has 0 bridgehead atoms. The molecule has 0 aliphatic rings. The van der Waals surface area contributed by atoms with Gasteiger partial charge < -0.3 is 15.4 Å². The van der Waals surface area contributed by atoms with Crippen molar-refractivity contribution in [1.29, 1.82) is 0 Å². The van der Waals surface area contributed by atoms with Crippen LogP contribution in [0.3, 0.4) is 0 Å². The summed E-state index contributed by atoms with van der Waals surface area (Å²) in [4.78, 5) is 11.5. The first-order chi connectivity index (χ1) is 8.72. The lowest BCUT2D eigenvalue weighted by atomic mass is 10.1. The Balaban J connectivity index is 2.14. The van der Waals surface area contributed by atoms with Crippen LogP contribution in [0.1, 0.15) is 5.56 Å². The second kappa shape index (κ2) is 8.60. The van der Waals surface area contributed by atoms with E-state index in [0.717, 1.165) is 6.54 Å². The minimum Gasteiger partial charge on any atom is -0.383 e. The fraction of sp³-hybridized carbons (Fsp3) is 0.462. The maximum atomic E-state index is 12.9. The number of benzene rings is 1. The van der Waals surface area contributed by atoms with Crippen molar-refractivity contribution in [3.05, 3.63) is 35.6 Å². The number of amides is 1. The quantitative estimate of drug-likeness (QED) is 0.672. The fourth-order valence-electron chi connectivity index (χ4n) is 1.48. The van der Waals surface area contributed by atoms with Crippen LogP contribution in [0, 0.1) is 5.82 Å². The molecule has 0 atom stereocenters. The lowest BCUT2D eigenvalue weighted by molar-refractivity contribution is -0.120. The Bertz CT molecular complexity index is 372. The Labute approximate surface area is 107 Å². The average molecular weight is 254 g/mol. The van der Waals surface area contributed by atoms with Gasteiger partial charge >= 0.3 is 0 Å². The summed E-state index contributed by atoms with van der Waals surface area (Å²) >= 11 is 0. The molecule has 1 amide bonds. The van der Waals surface area contributed by atoms with E-state index in [1.807, 2.05) is 0 Å². The van der Waals surface area contributed by atoms with Gasteiger partial charge in [-0.1, -0.05) is 12.1 Å². The Hall–Kier alpha value is -1.46. The van der Waals surface area contributed by atoms with E-state index >= 15 is 0 Å². The van der Waals surface area contributed by atoms with Crippen LogP contribution in [0.4, 0.5) is 4.39 Å². The number of carbonyl (C=O) groups is 1. The topological polar surface area (TPSA) is 50.4 Å². The van der Waals surface area contributed by atoms with Crippen molar-refractivity contribution in [3.8, 4) is 0 Å². The number of rotatable bonds is 8. The van der Waals surface area contributed by atoms with Gasteiger partial charge in [-0.25, -0.2) is 4.39 Å². The van der Waals surface area contributed by atoms with Gasteiger partial charge in [0.15, 0.2) is 0 Å². The summed E-state index contributed by atoms with van der Waals surface area (Å²) in [7, 11) is 1.64. The molecule has 0 heterocycles. The van der Waals surface area contributed by atoms with Crippen LogP contribution in [0.2, 0.25) is 0 Å². The van der Waals surface area contributed by atoms with Crippen molar-refractivity contribution < 1.29 is 13.9 Å². The summed E-state index contributed by atoms with van der Waals surface area (Å²) in [5.41, 5.74) is 0.680. The Morgan fingerprint density at radius 2 is 2.17 bits per heavy atom. The molecule has 1 aromatic rings. The third-order valence-corrected chi connectivity index (χ3v) is 2.36. The van der Waals surface area contributed by atoms with Crippen molar-refractivity contribution in [2.24, 2.45) is 0 Å². The van der Waals surface area contributed by atoms with Crippen LogP contribution in [0.15, 0.2) is 24.3 Å². The molecule has 0 aliphatic heterocycles. The van der Waals surface area contributed by atoms with Crippen LogP contribution in [-0.4, -0.2) is 39.3 Å². The highest BCUT2D eigenvalue weighted by atomic mass is 19.1. The molecule has 0 fully saturated rings. The Kier molecular flexibility index (Phi) is 6.98. The fourth-order valence-corrected chi connectivity index (χ4v) is 1.48. The predicted molar refractivity (Wildman–Crippen MR) is 67.9 cm³/mol. The monoisotopic (exact) mass is 254 g/mol. The highest BCUT2D eigenvalue weighted by Crippen LogP contribution is 2.03. The first-order valence-corrected chi connectivity index (χ1v) is 5.93. The second-order valence-electron chi connectivity index (χ2n) is 3.90.